The van der Waals surface area contributed by atoms with Gasteiger partial charge in [0.15, 0.2) is 0 Å². The predicted octanol–water partition coefficient (Wildman–Crippen LogP) is 2.94. The average Bonchev–Trinajstić information content (AvgIpc) is 3.27. The largest absolute Gasteiger partial charge is 0.492 e. The predicted molar refractivity (Wildman–Crippen MR) is 71.2 cm³/mol. The Bertz CT molecular complexity index is 557. The monoisotopic (exact) mass is 256 g/mol. The molecule has 1 aromatic rings. The molecule has 3 rings (SSSR count). The Labute approximate surface area is 112 Å². The third kappa shape index (κ3) is 3.29. The number of carbonyl (C=O) groups is 1. The molecule has 2 saturated carbocycles. The lowest BCUT2D eigenvalue weighted by atomic mass is 10.1. The van der Waals surface area contributed by atoms with Crippen molar-refractivity contribution in [3.05, 3.63) is 29.3 Å². The average molecular weight is 256 g/mol. The zero-order valence-electron chi connectivity index (χ0n) is 10.7. The SMILES string of the molecule is O=C(O)c1ccc(C#CC2CC2)c(OCC2CC2)c1. The van der Waals surface area contributed by atoms with Crippen LogP contribution in [0, 0.1) is 23.7 Å². The third-order valence-electron chi connectivity index (χ3n) is 3.39. The van der Waals surface area contributed by atoms with Crippen molar-refractivity contribution in [1.82, 2.24) is 0 Å². The number of carboxylic acids is 1. The number of carboxylic acid groups (broad SMARTS) is 1. The smallest absolute Gasteiger partial charge is 0.335 e. The Morgan fingerprint density at radius 1 is 1.32 bits per heavy atom. The second kappa shape index (κ2) is 4.97. The van der Waals surface area contributed by atoms with Crippen LogP contribution in [0.2, 0.25) is 0 Å². The molecule has 3 nitrogen and oxygen atoms in total. The zero-order valence-corrected chi connectivity index (χ0v) is 10.7. The van der Waals surface area contributed by atoms with Crippen molar-refractivity contribution in [2.24, 2.45) is 11.8 Å². The first-order valence-electron chi connectivity index (χ1n) is 6.74. The van der Waals surface area contributed by atoms with Crippen molar-refractivity contribution in [3.8, 4) is 17.6 Å². The Kier molecular flexibility index (Phi) is 3.16. The molecular weight excluding hydrogens is 240 g/mol. The molecule has 2 aliphatic carbocycles. The first-order chi connectivity index (χ1) is 9.22. The Hall–Kier alpha value is -1.95. The number of ether oxygens (including phenoxy) is 1. The van der Waals surface area contributed by atoms with E-state index in [1.165, 1.54) is 25.7 Å². The van der Waals surface area contributed by atoms with Gasteiger partial charge in [0.1, 0.15) is 5.75 Å². The van der Waals surface area contributed by atoms with Crippen LogP contribution in [0.3, 0.4) is 0 Å². The lowest BCUT2D eigenvalue weighted by molar-refractivity contribution is 0.0696. The van der Waals surface area contributed by atoms with Crippen molar-refractivity contribution < 1.29 is 14.6 Å². The van der Waals surface area contributed by atoms with Crippen LogP contribution in [-0.2, 0) is 0 Å². The maximum atomic E-state index is 11.0. The van der Waals surface area contributed by atoms with Gasteiger partial charge in [-0.15, -0.1) is 0 Å². The van der Waals surface area contributed by atoms with Gasteiger partial charge in [0.25, 0.3) is 0 Å². The quantitative estimate of drug-likeness (QED) is 0.842. The molecule has 0 heterocycles. The lowest BCUT2D eigenvalue weighted by Crippen LogP contribution is -2.03. The van der Waals surface area contributed by atoms with Crippen LogP contribution in [0.15, 0.2) is 18.2 Å². The van der Waals surface area contributed by atoms with Crippen LogP contribution in [0.4, 0.5) is 0 Å². The summed E-state index contributed by atoms with van der Waals surface area (Å²) < 4.78 is 5.74. The van der Waals surface area contributed by atoms with E-state index in [-0.39, 0.29) is 5.56 Å². The van der Waals surface area contributed by atoms with Gasteiger partial charge in [-0.2, -0.15) is 0 Å². The standard InChI is InChI=1S/C16H16O3/c17-16(18)14-8-7-13(6-5-11-1-2-11)15(9-14)19-10-12-3-4-12/h7-9,11-12H,1-4,10H2,(H,17,18). The fraction of sp³-hybridized carbons (Fsp3) is 0.438. The van der Waals surface area contributed by atoms with E-state index in [2.05, 4.69) is 11.8 Å². The molecule has 2 aliphatic rings. The van der Waals surface area contributed by atoms with Crippen molar-refractivity contribution in [3.63, 3.8) is 0 Å². The van der Waals surface area contributed by atoms with Gasteiger partial charge in [0, 0.05) is 5.92 Å². The van der Waals surface area contributed by atoms with Gasteiger partial charge in [-0.05, 0) is 49.8 Å². The van der Waals surface area contributed by atoms with Gasteiger partial charge in [-0.25, -0.2) is 4.79 Å². The van der Waals surface area contributed by atoms with Gasteiger partial charge in [0.2, 0.25) is 0 Å². The van der Waals surface area contributed by atoms with Crippen molar-refractivity contribution in [1.29, 1.82) is 0 Å². The van der Waals surface area contributed by atoms with Crippen molar-refractivity contribution in [2.45, 2.75) is 25.7 Å². The second-order valence-corrected chi connectivity index (χ2v) is 5.31. The molecule has 3 heteroatoms. The molecule has 0 spiro atoms. The Balaban J connectivity index is 1.82. The maximum Gasteiger partial charge on any atom is 0.335 e. The van der Waals surface area contributed by atoms with Crippen LogP contribution in [0.25, 0.3) is 0 Å². The van der Waals surface area contributed by atoms with E-state index in [9.17, 15) is 4.79 Å². The van der Waals surface area contributed by atoms with E-state index in [0.29, 0.717) is 24.2 Å². The van der Waals surface area contributed by atoms with E-state index in [1.807, 2.05) is 0 Å². The lowest BCUT2D eigenvalue weighted by Gasteiger charge is -2.08. The minimum Gasteiger partial charge on any atom is -0.492 e. The molecule has 98 valence electrons. The van der Waals surface area contributed by atoms with E-state index in [0.717, 1.165) is 5.56 Å². The van der Waals surface area contributed by atoms with Gasteiger partial charge < -0.3 is 9.84 Å². The zero-order chi connectivity index (χ0) is 13.2. The highest BCUT2D eigenvalue weighted by Gasteiger charge is 2.23. The summed E-state index contributed by atoms with van der Waals surface area (Å²) in [6, 6.07) is 4.92. The fourth-order valence-corrected chi connectivity index (χ4v) is 1.78. The first-order valence-corrected chi connectivity index (χ1v) is 6.74. The molecule has 1 aromatic carbocycles. The summed E-state index contributed by atoms with van der Waals surface area (Å²) in [7, 11) is 0. The molecule has 0 amide bonds. The summed E-state index contributed by atoms with van der Waals surface area (Å²) in [4.78, 5) is 11.0. The van der Waals surface area contributed by atoms with Gasteiger partial charge in [-0.3, -0.25) is 0 Å². The molecule has 2 fully saturated rings. The molecule has 19 heavy (non-hydrogen) atoms. The molecule has 0 aliphatic heterocycles. The van der Waals surface area contributed by atoms with Gasteiger partial charge in [0.05, 0.1) is 17.7 Å². The molecule has 0 unspecified atom stereocenters. The summed E-state index contributed by atoms with van der Waals surface area (Å²) in [5.74, 6) is 7.14. The van der Waals surface area contributed by atoms with Crippen LogP contribution < -0.4 is 4.74 Å². The summed E-state index contributed by atoms with van der Waals surface area (Å²) in [6.07, 6.45) is 4.78. The van der Waals surface area contributed by atoms with Crippen LogP contribution in [0.1, 0.15) is 41.6 Å². The summed E-state index contributed by atoms with van der Waals surface area (Å²) in [5, 5.41) is 9.03. The highest BCUT2D eigenvalue weighted by molar-refractivity contribution is 5.88. The Morgan fingerprint density at radius 3 is 2.74 bits per heavy atom. The van der Waals surface area contributed by atoms with E-state index in [1.54, 1.807) is 18.2 Å². The summed E-state index contributed by atoms with van der Waals surface area (Å²) in [5.41, 5.74) is 1.06. The van der Waals surface area contributed by atoms with E-state index in [4.69, 9.17) is 9.84 Å². The summed E-state index contributed by atoms with van der Waals surface area (Å²) >= 11 is 0. The number of hydrogen-bond acceptors (Lipinski definition) is 2. The number of aromatic carboxylic acids is 1. The highest BCUT2D eigenvalue weighted by Crippen LogP contribution is 2.31. The van der Waals surface area contributed by atoms with Gasteiger partial charge in [-0.1, -0.05) is 11.8 Å². The molecule has 0 saturated heterocycles. The highest BCUT2D eigenvalue weighted by atomic mass is 16.5. The molecule has 1 N–H and O–H groups in total. The third-order valence-corrected chi connectivity index (χ3v) is 3.39. The van der Waals surface area contributed by atoms with Crippen LogP contribution in [-0.4, -0.2) is 17.7 Å². The second-order valence-electron chi connectivity index (χ2n) is 5.31. The van der Waals surface area contributed by atoms with Crippen LogP contribution >= 0.6 is 0 Å². The molecular formula is C16H16O3. The molecule has 0 aromatic heterocycles. The minimum atomic E-state index is -0.932. The normalized spacial score (nSPS) is 17.5. The summed E-state index contributed by atoms with van der Waals surface area (Å²) in [6.45, 7) is 0.668. The minimum absolute atomic E-state index is 0.253. The molecule has 0 atom stereocenters. The molecule has 0 bridgehead atoms. The number of benzene rings is 1. The van der Waals surface area contributed by atoms with Crippen molar-refractivity contribution in [2.75, 3.05) is 6.61 Å². The van der Waals surface area contributed by atoms with E-state index >= 15 is 0 Å². The fourth-order valence-electron chi connectivity index (χ4n) is 1.78. The Morgan fingerprint density at radius 2 is 2.11 bits per heavy atom. The number of rotatable bonds is 4. The first kappa shape index (κ1) is 12.1. The molecule has 0 radical (unpaired) electrons. The number of hydrogen-bond donors (Lipinski definition) is 1. The van der Waals surface area contributed by atoms with Crippen molar-refractivity contribution >= 4 is 5.97 Å². The van der Waals surface area contributed by atoms with Crippen LogP contribution in [0.5, 0.6) is 5.75 Å². The topological polar surface area (TPSA) is 46.5 Å². The van der Waals surface area contributed by atoms with Gasteiger partial charge >= 0.3 is 5.97 Å². The van der Waals surface area contributed by atoms with E-state index < -0.39 is 5.97 Å². The maximum absolute atomic E-state index is 11.0.